The highest BCUT2D eigenvalue weighted by molar-refractivity contribution is 6.30. The molecule has 3 fully saturated rings. The molecule has 0 aromatic carbocycles. The maximum Gasteiger partial charge on any atom is 0.240 e. The van der Waals surface area contributed by atoms with E-state index in [1.165, 1.54) is 6.42 Å². The van der Waals surface area contributed by atoms with Crippen LogP contribution in [0.3, 0.4) is 0 Å². The highest BCUT2D eigenvalue weighted by atomic mass is 35.5. The highest BCUT2D eigenvalue weighted by Crippen LogP contribution is 2.42. The summed E-state index contributed by atoms with van der Waals surface area (Å²) >= 11 is 5.80. The average molecular weight is 232 g/mol. The van der Waals surface area contributed by atoms with E-state index in [1.807, 2.05) is 11.8 Å². The number of rotatable bonds is 3. The molecule has 4 heteroatoms. The Morgan fingerprint density at radius 3 is 2.60 bits per heavy atom. The monoisotopic (exact) mass is 231 g/mol. The van der Waals surface area contributed by atoms with Crippen molar-refractivity contribution in [3.63, 3.8) is 0 Å². The van der Waals surface area contributed by atoms with Crippen molar-refractivity contribution >= 4 is 17.5 Å². The van der Waals surface area contributed by atoms with Crippen LogP contribution in [0.4, 0.5) is 0 Å². The molecule has 3 aliphatic rings. The van der Waals surface area contributed by atoms with E-state index in [-0.39, 0.29) is 5.91 Å². The number of halogens is 1. The second-order valence-corrected chi connectivity index (χ2v) is 5.19. The fourth-order valence-corrected chi connectivity index (χ4v) is 2.88. The van der Waals surface area contributed by atoms with Crippen LogP contribution in [0.2, 0.25) is 0 Å². The van der Waals surface area contributed by atoms with Gasteiger partial charge in [-0.1, -0.05) is 0 Å². The summed E-state index contributed by atoms with van der Waals surface area (Å²) in [6.45, 7) is 6.20. The average Bonchev–Trinajstić information content (AvgIpc) is 2.24. The third kappa shape index (κ3) is 2.00. The zero-order valence-corrected chi connectivity index (χ0v) is 10.0. The van der Waals surface area contributed by atoms with Crippen molar-refractivity contribution in [3.8, 4) is 0 Å². The molecule has 0 radical (unpaired) electrons. The first-order valence-electron chi connectivity index (χ1n) is 5.68. The quantitative estimate of drug-likeness (QED) is 0.689. The number of alkyl halides is 1. The molecule has 3 rings (SSSR count). The molecule has 0 unspecified atom stereocenters. The molecular weight excluding hydrogens is 214 g/mol. The first-order valence-corrected chi connectivity index (χ1v) is 6.11. The van der Waals surface area contributed by atoms with E-state index in [0.29, 0.717) is 17.9 Å². The van der Waals surface area contributed by atoms with Gasteiger partial charge in [-0.15, -0.1) is 11.6 Å². The molecule has 0 aromatic heterocycles. The Labute approximate surface area is 95.7 Å². The maximum atomic E-state index is 11.7. The molecule has 0 spiro atoms. The number of hydrogen-bond acceptors (Lipinski definition) is 2. The molecule has 0 N–H and O–H groups in total. The van der Waals surface area contributed by atoms with Crippen LogP contribution in [0.1, 0.15) is 20.3 Å². The fourth-order valence-electron chi connectivity index (χ4n) is 2.74. The Morgan fingerprint density at radius 1 is 1.53 bits per heavy atom. The van der Waals surface area contributed by atoms with Gasteiger partial charge in [-0.2, -0.15) is 0 Å². The van der Waals surface area contributed by atoms with Crippen molar-refractivity contribution in [2.75, 3.05) is 19.7 Å². The molecule has 2 heterocycles. The minimum Gasteiger partial charge on any atom is -0.378 e. The Balaban J connectivity index is 1.89. The van der Waals surface area contributed by atoms with Crippen LogP contribution in [0.5, 0.6) is 0 Å². The third-order valence-electron chi connectivity index (χ3n) is 3.46. The first kappa shape index (κ1) is 11.2. The normalized spacial score (nSPS) is 35.9. The van der Waals surface area contributed by atoms with E-state index in [2.05, 4.69) is 0 Å². The van der Waals surface area contributed by atoms with Gasteiger partial charge in [0.25, 0.3) is 0 Å². The number of fused-ring (bicyclic) bond motifs is 2. The minimum atomic E-state index is -0.395. The van der Waals surface area contributed by atoms with Crippen molar-refractivity contribution in [1.82, 2.24) is 4.90 Å². The Bertz CT molecular complexity index is 245. The van der Waals surface area contributed by atoms with Crippen molar-refractivity contribution in [3.05, 3.63) is 0 Å². The van der Waals surface area contributed by atoms with Crippen molar-refractivity contribution in [2.24, 2.45) is 11.8 Å². The van der Waals surface area contributed by atoms with Gasteiger partial charge in [0, 0.05) is 31.5 Å². The lowest BCUT2D eigenvalue weighted by Gasteiger charge is -2.53. The molecular formula is C11H18ClNO2. The lowest BCUT2D eigenvalue weighted by Crippen LogP contribution is -2.61. The van der Waals surface area contributed by atoms with Crippen LogP contribution < -0.4 is 0 Å². The summed E-state index contributed by atoms with van der Waals surface area (Å²) in [5.74, 6) is 1.16. The molecule has 3 nitrogen and oxygen atoms in total. The minimum absolute atomic E-state index is 0.0707. The van der Waals surface area contributed by atoms with E-state index >= 15 is 0 Å². The highest BCUT2D eigenvalue weighted by Gasteiger charge is 2.48. The Morgan fingerprint density at radius 2 is 2.13 bits per heavy atom. The molecule has 1 amide bonds. The molecule has 2 aliphatic heterocycles. The second-order valence-electron chi connectivity index (χ2n) is 4.54. The maximum absolute atomic E-state index is 11.7. The van der Waals surface area contributed by atoms with Gasteiger partial charge in [0.05, 0.1) is 6.10 Å². The van der Waals surface area contributed by atoms with Crippen LogP contribution in [-0.2, 0) is 9.53 Å². The Kier molecular flexibility index (Phi) is 3.21. The summed E-state index contributed by atoms with van der Waals surface area (Å²) in [6, 6.07) is 0. The molecule has 86 valence electrons. The lowest BCUT2D eigenvalue weighted by atomic mass is 9.68. The van der Waals surface area contributed by atoms with E-state index in [0.717, 1.165) is 19.7 Å². The summed E-state index contributed by atoms with van der Waals surface area (Å²) < 4.78 is 5.66. The van der Waals surface area contributed by atoms with Gasteiger partial charge in [0.1, 0.15) is 5.38 Å². The number of carbonyl (C=O) groups is 1. The van der Waals surface area contributed by atoms with Crippen molar-refractivity contribution < 1.29 is 9.53 Å². The number of carbonyl (C=O) groups excluding carboxylic acids is 1. The van der Waals surface area contributed by atoms with Crippen molar-refractivity contribution in [2.45, 2.75) is 31.7 Å². The summed E-state index contributed by atoms with van der Waals surface area (Å²) in [7, 11) is 0. The van der Waals surface area contributed by atoms with Gasteiger partial charge < -0.3 is 9.64 Å². The summed E-state index contributed by atoms with van der Waals surface area (Å²) in [6.07, 6.45) is 1.61. The third-order valence-corrected chi connectivity index (χ3v) is 3.64. The van der Waals surface area contributed by atoms with Gasteiger partial charge in [0.15, 0.2) is 0 Å². The number of ether oxygens (including phenoxy) is 1. The summed E-state index contributed by atoms with van der Waals surface area (Å²) in [5, 5.41) is -0.395. The predicted octanol–water partition coefficient (Wildman–Crippen LogP) is 1.50. The van der Waals surface area contributed by atoms with Crippen LogP contribution in [0.15, 0.2) is 0 Å². The van der Waals surface area contributed by atoms with Gasteiger partial charge in [0.2, 0.25) is 5.91 Å². The van der Waals surface area contributed by atoms with Gasteiger partial charge in [-0.3, -0.25) is 4.79 Å². The van der Waals surface area contributed by atoms with E-state index in [9.17, 15) is 4.79 Å². The molecule has 2 bridgehead atoms. The van der Waals surface area contributed by atoms with Gasteiger partial charge in [-0.25, -0.2) is 0 Å². The molecule has 3 atom stereocenters. The zero-order chi connectivity index (χ0) is 11.0. The zero-order valence-electron chi connectivity index (χ0n) is 9.28. The second kappa shape index (κ2) is 4.30. The smallest absolute Gasteiger partial charge is 0.240 e. The van der Waals surface area contributed by atoms with Crippen LogP contribution >= 0.6 is 11.6 Å². The van der Waals surface area contributed by atoms with E-state index < -0.39 is 5.38 Å². The number of amides is 1. The molecule has 1 saturated carbocycles. The summed E-state index contributed by atoms with van der Waals surface area (Å²) in [5.41, 5.74) is 0. The Hall–Kier alpha value is -0.280. The lowest BCUT2D eigenvalue weighted by molar-refractivity contribution is -0.160. The van der Waals surface area contributed by atoms with Crippen molar-refractivity contribution in [1.29, 1.82) is 0 Å². The van der Waals surface area contributed by atoms with Crippen LogP contribution in [0.25, 0.3) is 0 Å². The number of nitrogens with zero attached hydrogens (tertiary/aromatic N) is 1. The predicted molar refractivity (Wildman–Crippen MR) is 58.9 cm³/mol. The SMILES string of the molecule is CCOC1[C@H]2C[C@H]1CN(C(=O)[C@@H](C)Cl)C2. The molecule has 2 saturated heterocycles. The fraction of sp³-hybridized carbons (Fsp3) is 0.909. The summed E-state index contributed by atoms with van der Waals surface area (Å²) in [4.78, 5) is 13.6. The topological polar surface area (TPSA) is 29.5 Å². The molecule has 1 aliphatic carbocycles. The number of hydrogen-bond donors (Lipinski definition) is 0. The van der Waals surface area contributed by atoms with E-state index in [4.69, 9.17) is 16.3 Å². The largest absolute Gasteiger partial charge is 0.378 e. The van der Waals surface area contributed by atoms with Crippen LogP contribution in [0, 0.1) is 11.8 Å². The standard InChI is InChI=1S/C11H18ClNO2/c1-3-15-10-8-4-9(10)6-13(5-8)11(14)7(2)12/h7-10H,3-6H2,1-2H3/t7-,8+,9+/m1/s1. The molecule has 0 aromatic rings. The number of piperidine rings is 2. The van der Waals surface area contributed by atoms with Crippen LogP contribution in [-0.4, -0.2) is 42.0 Å². The first-order chi connectivity index (χ1) is 7.13. The van der Waals surface area contributed by atoms with E-state index in [1.54, 1.807) is 6.92 Å². The molecule has 15 heavy (non-hydrogen) atoms. The van der Waals surface area contributed by atoms with Gasteiger partial charge >= 0.3 is 0 Å². The van der Waals surface area contributed by atoms with Gasteiger partial charge in [-0.05, 0) is 20.3 Å².